The third-order valence-corrected chi connectivity index (χ3v) is 3.85. The molecule has 0 fully saturated rings. The van der Waals surface area contributed by atoms with Crippen molar-refractivity contribution < 1.29 is 0 Å². The predicted molar refractivity (Wildman–Crippen MR) is 95.0 cm³/mol. The van der Waals surface area contributed by atoms with Crippen LogP contribution in [0.4, 0.5) is 5.69 Å². The fraction of sp³-hybridized carbons (Fsp3) is 0.0952. The van der Waals surface area contributed by atoms with Crippen molar-refractivity contribution in [3.63, 3.8) is 0 Å². The SMILES string of the molecule is Cc1ccccc1N=Cc1ccccc1-c1ccccc1C. The van der Waals surface area contributed by atoms with Crippen LogP contribution in [0.5, 0.6) is 0 Å². The summed E-state index contributed by atoms with van der Waals surface area (Å²) < 4.78 is 0. The van der Waals surface area contributed by atoms with Gasteiger partial charge in [0.15, 0.2) is 0 Å². The minimum Gasteiger partial charge on any atom is -0.256 e. The van der Waals surface area contributed by atoms with E-state index >= 15 is 0 Å². The Morgan fingerprint density at radius 3 is 1.95 bits per heavy atom. The first-order valence-corrected chi connectivity index (χ1v) is 7.50. The Bertz CT molecular complexity index is 815. The van der Waals surface area contributed by atoms with E-state index in [4.69, 9.17) is 0 Å². The zero-order valence-electron chi connectivity index (χ0n) is 13.0. The average Bonchev–Trinajstić information content (AvgIpc) is 2.55. The summed E-state index contributed by atoms with van der Waals surface area (Å²) in [6, 6.07) is 25.0. The molecule has 0 aliphatic rings. The van der Waals surface area contributed by atoms with Gasteiger partial charge >= 0.3 is 0 Å². The first-order chi connectivity index (χ1) is 10.8. The summed E-state index contributed by atoms with van der Waals surface area (Å²) in [7, 11) is 0. The van der Waals surface area contributed by atoms with Gasteiger partial charge in [-0.1, -0.05) is 66.7 Å². The van der Waals surface area contributed by atoms with E-state index in [1.54, 1.807) is 0 Å². The second-order valence-corrected chi connectivity index (χ2v) is 5.45. The number of hydrogen-bond acceptors (Lipinski definition) is 1. The Labute approximate surface area is 132 Å². The predicted octanol–water partition coefficient (Wildman–Crippen LogP) is 5.72. The highest BCUT2D eigenvalue weighted by atomic mass is 14.7. The van der Waals surface area contributed by atoms with Crippen LogP contribution in [0.1, 0.15) is 16.7 Å². The van der Waals surface area contributed by atoms with Crippen molar-refractivity contribution in [2.24, 2.45) is 4.99 Å². The fourth-order valence-corrected chi connectivity index (χ4v) is 2.58. The van der Waals surface area contributed by atoms with Gasteiger partial charge in [0.05, 0.1) is 5.69 Å². The molecule has 3 rings (SSSR count). The summed E-state index contributed by atoms with van der Waals surface area (Å²) in [5.74, 6) is 0. The normalized spacial score (nSPS) is 11.0. The van der Waals surface area contributed by atoms with Crippen LogP contribution in [0.2, 0.25) is 0 Å². The van der Waals surface area contributed by atoms with Crippen molar-refractivity contribution in [2.45, 2.75) is 13.8 Å². The summed E-state index contributed by atoms with van der Waals surface area (Å²) in [4.78, 5) is 4.67. The summed E-state index contributed by atoms with van der Waals surface area (Å²) in [6.45, 7) is 4.23. The second-order valence-electron chi connectivity index (χ2n) is 5.45. The maximum atomic E-state index is 4.67. The molecule has 0 amide bonds. The van der Waals surface area contributed by atoms with Gasteiger partial charge in [-0.05, 0) is 42.2 Å². The Morgan fingerprint density at radius 1 is 0.636 bits per heavy atom. The zero-order chi connectivity index (χ0) is 15.4. The van der Waals surface area contributed by atoms with Crippen molar-refractivity contribution in [3.8, 4) is 11.1 Å². The van der Waals surface area contributed by atoms with Crippen LogP contribution < -0.4 is 0 Å². The maximum absolute atomic E-state index is 4.67. The molecule has 0 aliphatic carbocycles. The molecule has 1 nitrogen and oxygen atoms in total. The van der Waals surface area contributed by atoms with Gasteiger partial charge in [0.1, 0.15) is 0 Å². The quantitative estimate of drug-likeness (QED) is 0.546. The van der Waals surface area contributed by atoms with E-state index in [1.165, 1.54) is 22.3 Å². The van der Waals surface area contributed by atoms with Gasteiger partial charge in [-0.25, -0.2) is 0 Å². The van der Waals surface area contributed by atoms with Crippen LogP contribution in [-0.4, -0.2) is 6.21 Å². The van der Waals surface area contributed by atoms with Crippen LogP contribution in [0, 0.1) is 13.8 Å². The molecule has 108 valence electrons. The molecule has 0 atom stereocenters. The Hall–Kier alpha value is -2.67. The van der Waals surface area contributed by atoms with Crippen molar-refractivity contribution in [3.05, 3.63) is 89.5 Å². The zero-order valence-corrected chi connectivity index (χ0v) is 13.0. The topological polar surface area (TPSA) is 12.4 Å². The van der Waals surface area contributed by atoms with Crippen molar-refractivity contribution >= 4 is 11.9 Å². The number of benzene rings is 3. The Kier molecular flexibility index (Phi) is 4.15. The lowest BCUT2D eigenvalue weighted by Crippen LogP contribution is -1.90. The van der Waals surface area contributed by atoms with Gasteiger partial charge in [-0.3, -0.25) is 4.99 Å². The number of nitrogens with zero attached hydrogens (tertiary/aromatic N) is 1. The lowest BCUT2D eigenvalue weighted by atomic mass is 9.96. The minimum atomic E-state index is 1.02. The highest BCUT2D eigenvalue weighted by Crippen LogP contribution is 2.26. The monoisotopic (exact) mass is 285 g/mol. The summed E-state index contributed by atoms with van der Waals surface area (Å²) in [5.41, 5.74) is 7.10. The largest absolute Gasteiger partial charge is 0.256 e. The molecule has 0 N–H and O–H groups in total. The Balaban J connectivity index is 2.03. The van der Waals surface area contributed by atoms with Crippen LogP contribution >= 0.6 is 0 Å². The van der Waals surface area contributed by atoms with Crippen LogP contribution in [0.3, 0.4) is 0 Å². The number of para-hydroxylation sites is 1. The molecule has 0 unspecified atom stereocenters. The van der Waals surface area contributed by atoms with Crippen molar-refractivity contribution in [1.82, 2.24) is 0 Å². The number of aryl methyl sites for hydroxylation is 2. The molecular formula is C21H19N. The van der Waals surface area contributed by atoms with E-state index in [1.807, 2.05) is 24.4 Å². The van der Waals surface area contributed by atoms with Crippen molar-refractivity contribution in [1.29, 1.82) is 0 Å². The molecule has 0 saturated heterocycles. The fourth-order valence-electron chi connectivity index (χ4n) is 2.58. The minimum absolute atomic E-state index is 1.02. The third kappa shape index (κ3) is 2.99. The van der Waals surface area contributed by atoms with Gasteiger partial charge in [0, 0.05) is 11.8 Å². The molecule has 3 aromatic carbocycles. The number of rotatable bonds is 3. The van der Waals surface area contributed by atoms with E-state index in [0.29, 0.717) is 0 Å². The molecule has 3 aromatic rings. The second kappa shape index (κ2) is 6.40. The first kappa shape index (κ1) is 14.3. The van der Waals surface area contributed by atoms with Gasteiger partial charge in [0.25, 0.3) is 0 Å². The van der Waals surface area contributed by atoms with E-state index in [-0.39, 0.29) is 0 Å². The summed E-state index contributed by atoms with van der Waals surface area (Å²) in [5, 5.41) is 0. The molecule has 0 spiro atoms. The third-order valence-electron chi connectivity index (χ3n) is 3.85. The smallest absolute Gasteiger partial charge is 0.0659 e. The van der Waals surface area contributed by atoms with Gasteiger partial charge in [-0.2, -0.15) is 0 Å². The van der Waals surface area contributed by atoms with Gasteiger partial charge < -0.3 is 0 Å². The lowest BCUT2D eigenvalue weighted by Gasteiger charge is -2.09. The Morgan fingerprint density at radius 2 is 1.23 bits per heavy atom. The van der Waals surface area contributed by atoms with E-state index in [0.717, 1.165) is 11.3 Å². The average molecular weight is 285 g/mol. The van der Waals surface area contributed by atoms with E-state index in [2.05, 4.69) is 73.4 Å². The van der Waals surface area contributed by atoms with Crippen LogP contribution in [-0.2, 0) is 0 Å². The molecule has 22 heavy (non-hydrogen) atoms. The highest BCUT2D eigenvalue weighted by Gasteiger charge is 2.05. The molecule has 0 radical (unpaired) electrons. The maximum Gasteiger partial charge on any atom is 0.0659 e. The number of hydrogen-bond donors (Lipinski definition) is 0. The standard InChI is InChI=1S/C21H19N/c1-16-9-3-6-12-19(16)20-13-7-5-11-18(20)15-22-21-14-8-4-10-17(21)2/h3-15H,1-2H3. The summed E-state index contributed by atoms with van der Waals surface area (Å²) >= 11 is 0. The lowest BCUT2D eigenvalue weighted by molar-refractivity contribution is 1.40. The van der Waals surface area contributed by atoms with E-state index in [9.17, 15) is 0 Å². The van der Waals surface area contributed by atoms with Gasteiger partial charge in [0.2, 0.25) is 0 Å². The van der Waals surface area contributed by atoms with E-state index < -0.39 is 0 Å². The molecule has 1 heteroatoms. The molecule has 0 heterocycles. The molecule has 0 saturated carbocycles. The van der Waals surface area contributed by atoms with Crippen molar-refractivity contribution in [2.75, 3.05) is 0 Å². The molecule has 0 aromatic heterocycles. The van der Waals surface area contributed by atoms with Crippen LogP contribution in [0.25, 0.3) is 11.1 Å². The number of aliphatic imine (C=N–C) groups is 1. The molecular weight excluding hydrogens is 266 g/mol. The van der Waals surface area contributed by atoms with Crippen LogP contribution in [0.15, 0.2) is 77.8 Å². The molecule has 0 bridgehead atoms. The van der Waals surface area contributed by atoms with Gasteiger partial charge in [-0.15, -0.1) is 0 Å². The first-order valence-electron chi connectivity index (χ1n) is 7.50. The summed E-state index contributed by atoms with van der Waals surface area (Å²) in [6.07, 6.45) is 1.96. The molecule has 0 aliphatic heterocycles. The highest BCUT2D eigenvalue weighted by molar-refractivity contribution is 5.92.